The Morgan fingerprint density at radius 3 is 2.30 bits per heavy atom. The van der Waals surface area contributed by atoms with Gasteiger partial charge in [-0.25, -0.2) is 0 Å². The van der Waals surface area contributed by atoms with Crippen molar-refractivity contribution in [1.82, 2.24) is 0 Å². The Morgan fingerprint density at radius 1 is 1.10 bits per heavy atom. The molecule has 4 nitrogen and oxygen atoms in total. The summed E-state index contributed by atoms with van der Waals surface area (Å²) in [6.07, 6.45) is 0.855. The van der Waals surface area contributed by atoms with Crippen molar-refractivity contribution in [2.45, 2.75) is 45.6 Å². The van der Waals surface area contributed by atoms with Gasteiger partial charge in [0.1, 0.15) is 17.7 Å². The van der Waals surface area contributed by atoms with Gasteiger partial charge in [-0.05, 0) is 25.3 Å². The third-order valence-electron chi connectivity index (χ3n) is 2.83. The number of esters is 1. The minimum absolute atomic E-state index is 0.0941. The van der Waals surface area contributed by atoms with E-state index in [0.29, 0.717) is 6.42 Å². The van der Waals surface area contributed by atoms with Crippen molar-refractivity contribution in [3.8, 4) is 0 Å². The molecule has 0 aromatic heterocycles. The lowest BCUT2D eigenvalue weighted by molar-refractivity contribution is -0.147. The van der Waals surface area contributed by atoms with Crippen molar-refractivity contribution in [2.75, 3.05) is 0 Å². The summed E-state index contributed by atoms with van der Waals surface area (Å²) in [5, 5.41) is 0. The molecule has 1 atom stereocenters. The summed E-state index contributed by atoms with van der Waals surface area (Å²) in [5.74, 6) is -0.755. The number of carbonyl (C=O) groups excluding carboxylic acids is 3. The Bertz CT molecular complexity index is 465. The van der Waals surface area contributed by atoms with Gasteiger partial charge in [0.25, 0.3) is 0 Å². The number of Topliss-reactive ketones (excluding diaryl/α,β-unsaturated/α-hetero) is 2. The van der Waals surface area contributed by atoms with Crippen LogP contribution in [0.2, 0.25) is 0 Å². The average molecular weight is 276 g/mol. The van der Waals surface area contributed by atoms with Gasteiger partial charge in [0.2, 0.25) is 0 Å². The maximum absolute atomic E-state index is 11.6. The van der Waals surface area contributed by atoms with Crippen LogP contribution in [-0.2, 0) is 25.5 Å². The first-order chi connectivity index (χ1) is 9.47. The highest BCUT2D eigenvalue weighted by atomic mass is 16.5. The van der Waals surface area contributed by atoms with E-state index < -0.39 is 12.1 Å². The predicted octanol–water partition coefficient (Wildman–Crippen LogP) is 2.49. The van der Waals surface area contributed by atoms with Crippen LogP contribution in [0.15, 0.2) is 30.3 Å². The summed E-state index contributed by atoms with van der Waals surface area (Å²) in [4.78, 5) is 33.6. The first-order valence-corrected chi connectivity index (χ1v) is 6.69. The monoisotopic (exact) mass is 276 g/mol. The summed E-state index contributed by atoms with van der Waals surface area (Å²) in [6, 6.07) is 9.79. The highest BCUT2D eigenvalue weighted by Gasteiger charge is 2.17. The first kappa shape index (κ1) is 16.1. The summed E-state index contributed by atoms with van der Waals surface area (Å²) in [6.45, 7) is 2.70. The van der Waals surface area contributed by atoms with Crippen molar-refractivity contribution in [3.05, 3.63) is 35.9 Å². The molecule has 1 aromatic rings. The molecule has 20 heavy (non-hydrogen) atoms. The third kappa shape index (κ3) is 6.83. The molecule has 0 N–H and O–H groups in total. The van der Waals surface area contributed by atoms with Gasteiger partial charge in [0, 0.05) is 13.3 Å². The number of hydrogen-bond donors (Lipinski definition) is 0. The van der Waals surface area contributed by atoms with Crippen molar-refractivity contribution < 1.29 is 19.1 Å². The van der Waals surface area contributed by atoms with E-state index >= 15 is 0 Å². The predicted molar refractivity (Wildman–Crippen MR) is 75.2 cm³/mol. The summed E-state index contributed by atoms with van der Waals surface area (Å²) < 4.78 is 5.15. The van der Waals surface area contributed by atoms with Crippen LogP contribution in [0.3, 0.4) is 0 Å². The smallest absolute Gasteiger partial charge is 0.302 e. The number of carbonyl (C=O) groups is 3. The molecule has 0 aliphatic rings. The van der Waals surface area contributed by atoms with Crippen molar-refractivity contribution >= 4 is 17.5 Å². The molecule has 0 aliphatic heterocycles. The molecule has 0 radical (unpaired) electrons. The summed E-state index contributed by atoms with van der Waals surface area (Å²) >= 11 is 0. The van der Waals surface area contributed by atoms with Gasteiger partial charge in [-0.1, -0.05) is 30.3 Å². The quantitative estimate of drug-likeness (QED) is 0.540. The number of ketones is 2. The summed E-state index contributed by atoms with van der Waals surface area (Å²) in [7, 11) is 0. The van der Waals surface area contributed by atoms with Crippen LogP contribution in [0.25, 0.3) is 0 Å². The van der Waals surface area contributed by atoms with E-state index in [0.717, 1.165) is 12.0 Å². The van der Waals surface area contributed by atoms with E-state index in [1.807, 2.05) is 30.3 Å². The molecule has 0 saturated carbocycles. The van der Waals surface area contributed by atoms with Crippen LogP contribution in [0, 0.1) is 0 Å². The van der Waals surface area contributed by atoms with Gasteiger partial charge in [-0.15, -0.1) is 0 Å². The van der Waals surface area contributed by atoms with Crippen LogP contribution in [-0.4, -0.2) is 23.6 Å². The molecule has 0 aliphatic carbocycles. The zero-order chi connectivity index (χ0) is 15.0. The van der Waals surface area contributed by atoms with E-state index in [2.05, 4.69) is 0 Å². The van der Waals surface area contributed by atoms with Gasteiger partial charge in [0.15, 0.2) is 0 Å². The molecular formula is C16H20O4. The van der Waals surface area contributed by atoms with Crippen LogP contribution in [0.4, 0.5) is 0 Å². The molecule has 1 aromatic carbocycles. The molecule has 0 spiro atoms. The van der Waals surface area contributed by atoms with Gasteiger partial charge in [-0.3, -0.25) is 14.4 Å². The average Bonchev–Trinajstić information content (AvgIpc) is 2.35. The molecule has 0 bridgehead atoms. The number of ether oxygens (including phenoxy) is 1. The zero-order valence-corrected chi connectivity index (χ0v) is 11.9. The second-order valence-electron chi connectivity index (χ2n) is 4.88. The third-order valence-corrected chi connectivity index (χ3v) is 2.83. The van der Waals surface area contributed by atoms with Gasteiger partial charge in [0.05, 0.1) is 6.42 Å². The van der Waals surface area contributed by atoms with Crippen LogP contribution < -0.4 is 0 Å². The lowest BCUT2D eigenvalue weighted by Crippen LogP contribution is -2.22. The van der Waals surface area contributed by atoms with Crippen LogP contribution >= 0.6 is 0 Å². The fourth-order valence-corrected chi connectivity index (χ4v) is 2.01. The molecule has 108 valence electrons. The fourth-order valence-electron chi connectivity index (χ4n) is 2.01. The molecule has 0 heterocycles. The Labute approximate surface area is 119 Å². The van der Waals surface area contributed by atoms with Crippen molar-refractivity contribution in [3.63, 3.8) is 0 Å². The molecule has 1 rings (SSSR count). The number of hydrogen-bond acceptors (Lipinski definition) is 4. The van der Waals surface area contributed by atoms with Gasteiger partial charge in [-0.2, -0.15) is 0 Å². The maximum Gasteiger partial charge on any atom is 0.302 e. The van der Waals surface area contributed by atoms with Crippen molar-refractivity contribution in [2.24, 2.45) is 0 Å². The highest BCUT2D eigenvalue weighted by molar-refractivity contribution is 5.98. The molecule has 0 fully saturated rings. The largest absolute Gasteiger partial charge is 0.462 e. The number of rotatable bonds is 8. The number of aryl methyl sites for hydroxylation is 1. The molecule has 0 amide bonds. The second kappa shape index (κ2) is 8.25. The zero-order valence-electron chi connectivity index (χ0n) is 11.9. The Hall–Kier alpha value is -1.97. The van der Waals surface area contributed by atoms with E-state index in [1.165, 1.54) is 13.8 Å². The SMILES string of the molecule is CC(=O)CC(=O)CC(CCc1ccccc1)OC(C)=O. The molecule has 1 unspecified atom stereocenters. The molecular weight excluding hydrogens is 256 g/mol. The Kier molecular flexibility index (Phi) is 6.64. The van der Waals surface area contributed by atoms with Crippen molar-refractivity contribution in [1.29, 1.82) is 0 Å². The lowest BCUT2D eigenvalue weighted by Gasteiger charge is -2.16. The van der Waals surface area contributed by atoms with Gasteiger partial charge < -0.3 is 4.74 Å². The van der Waals surface area contributed by atoms with Crippen LogP contribution in [0.1, 0.15) is 38.7 Å². The van der Waals surface area contributed by atoms with E-state index in [-0.39, 0.29) is 24.4 Å². The molecule has 4 heteroatoms. The minimum Gasteiger partial charge on any atom is -0.462 e. The first-order valence-electron chi connectivity index (χ1n) is 6.69. The van der Waals surface area contributed by atoms with Crippen LogP contribution in [0.5, 0.6) is 0 Å². The van der Waals surface area contributed by atoms with E-state index in [9.17, 15) is 14.4 Å². The number of benzene rings is 1. The minimum atomic E-state index is -0.459. The van der Waals surface area contributed by atoms with Gasteiger partial charge >= 0.3 is 5.97 Å². The second-order valence-corrected chi connectivity index (χ2v) is 4.88. The Balaban J connectivity index is 2.53. The standard InChI is InChI=1S/C16H20O4/c1-12(17)10-15(19)11-16(20-13(2)18)9-8-14-6-4-3-5-7-14/h3-7,16H,8-11H2,1-2H3. The van der Waals surface area contributed by atoms with E-state index in [4.69, 9.17) is 4.74 Å². The maximum atomic E-state index is 11.6. The fraction of sp³-hybridized carbons (Fsp3) is 0.438. The topological polar surface area (TPSA) is 60.4 Å². The highest BCUT2D eigenvalue weighted by Crippen LogP contribution is 2.12. The lowest BCUT2D eigenvalue weighted by atomic mass is 10.0. The van der Waals surface area contributed by atoms with E-state index in [1.54, 1.807) is 0 Å². The summed E-state index contributed by atoms with van der Waals surface area (Å²) in [5.41, 5.74) is 1.13. The molecule has 0 saturated heterocycles. The normalized spacial score (nSPS) is 11.7. The Morgan fingerprint density at radius 2 is 1.75 bits per heavy atom.